The molecule has 4 heterocycles. The third kappa shape index (κ3) is 7.99. The number of halogens is 3. The van der Waals surface area contributed by atoms with E-state index in [0.29, 0.717) is 49.5 Å². The SMILES string of the molecule is Cc1ccc2nc(C(F)(F)F)c3c(c2c1)CC[C@]1(C[C@H]2C(=O)N[C@]4(C(=O)NS(=O)(=O)C5(C)CC5)C[C@H]4/C=C\CCCCC[C@H](NC(=O)O[C@@H](C)C(C)C)C(=O)N2C1)O3. The van der Waals surface area contributed by atoms with Gasteiger partial charge in [-0.15, -0.1) is 0 Å². The van der Waals surface area contributed by atoms with Gasteiger partial charge in [0, 0.05) is 23.3 Å². The highest BCUT2D eigenvalue weighted by Gasteiger charge is 2.64. The van der Waals surface area contributed by atoms with Crippen molar-refractivity contribution in [3.63, 3.8) is 0 Å². The molecule has 316 valence electrons. The summed E-state index contributed by atoms with van der Waals surface area (Å²) in [6, 6.07) is 2.43. The molecule has 7 rings (SSSR count). The first-order valence-electron chi connectivity index (χ1n) is 20.2. The lowest BCUT2D eigenvalue weighted by atomic mass is 9.86. The highest BCUT2D eigenvalue weighted by Crippen LogP contribution is 2.50. The number of amides is 4. The van der Waals surface area contributed by atoms with Crippen LogP contribution in [-0.4, -0.2) is 82.7 Å². The highest BCUT2D eigenvalue weighted by molar-refractivity contribution is 7.91. The summed E-state index contributed by atoms with van der Waals surface area (Å²) in [5, 5.41) is 6.01. The number of pyridine rings is 1. The number of rotatable bonds is 6. The first-order chi connectivity index (χ1) is 27.2. The standard InChI is InChI=1S/C41H52F3N5O8S/c1-23(2)25(4)56-37(53)46-30-12-10-8-6-7-9-11-26-20-40(26,36(52)48-58(54,55)38(5)17-18-38)47-34(50)31-21-39(22-49(31)35(30)51)16-15-27-28-19-24(3)13-14-29(28)45-33(32(27)57-39)41(42,43)44/h9,11,13-14,19,23,25-26,30-31H,6-8,10,12,15-18,20-22H2,1-5H3,(H,46,53)(H,47,50)(H,48,52)/b11-9-/t25-,26+,30-,31-,39+,40+/m0/s1. The number of carbonyl (C=O) groups excluding carboxylic acids is 4. The van der Waals surface area contributed by atoms with Gasteiger partial charge in [0.05, 0.1) is 16.8 Å². The van der Waals surface area contributed by atoms with E-state index in [0.717, 1.165) is 5.56 Å². The van der Waals surface area contributed by atoms with Crippen LogP contribution in [0, 0.1) is 18.8 Å². The Balaban J connectivity index is 1.26. The molecule has 3 aliphatic heterocycles. The number of nitrogens with zero attached hydrogens (tertiary/aromatic N) is 2. The highest BCUT2D eigenvalue weighted by atomic mass is 32.2. The largest absolute Gasteiger partial charge is 0.483 e. The summed E-state index contributed by atoms with van der Waals surface area (Å²) in [6.07, 6.45) is 1.04. The van der Waals surface area contributed by atoms with E-state index < -0.39 is 91.5 Å². The van der Waals surface area contributed by atoms with Crippen molar-refractivity contribution in [2.75, 3.05) is 6.54 Å². The summed E-state index contributed by atoms with van der Waals surface area (Å²) in [5.74, 6) is -3.39. The number of allylic oxidation sites excluding steroid dienone is 1. The molecule has 1 spiro atoms. The van der Waals surface area contributed by atoms with E-state index in [-0.39, 0.29) is 50.1 Å². The minimum absolute atomic E-state index is 0.0183. The molecule has 1 saturated heterocycles. The molecule has 2 saturated carbocycles. The van der Waals surface area contributed by atoms with Crippen LogP contribution in [0.3, 0.4) is 0 Å². The predicted molar refractivity (Wildman–Crippen MR) is 207 cm³/mol. The Labute approximate surface area is 336 Å². The lowest BCUT2D eigenvalue weighted by Crippen LogP contribution is -2.58. The molecular weight excluding hydrogens is 780 g/mol. The number of nitrogens with one attached hydrogen (secondary N) is 3. The van der Waals surface area contributed by atoms with Crippen LogP contribution in [0.4, 0.5) is 18.0 Å². The Morgan fingerprint density at radius 3 is 2.52 bits per heavy atom. The van der Waals surface area contributed by atoms with Gasteiger partial charge < -0.3 is 25.0 Å². The Bertz CT molecular complexity index is 2160. The molecule has 0 radical (unpaired) electrons. The van der Waals surface area contributed by atoms with Gasteiger partial charge in [-0.25, -0.2) is 18.2 Å². The Morgan fingerprint density at radius 2 is 1.83 bits per heavy atom. The summed E-state index contributed by atoms with van der Waals surface area (Å²) < 4.78 is 83.6. The van der Waals surface area contributed by atoms with Crippen LogP contribution < -0.4 is 20.1 Å². The van der Waals surface area contributed by atoms with Crippen LogP contribution in [0.1, 0.15) is 109 Å². The molecule has 5 aliphatic rings. The maximum Gasteiger partial charge on any atom is 0.437 e. The van der Waals surface area contributed by atoms with Gasteiger partial charge in [-0.3, -0.25) is 19.1 Å². The van der Waals surface area contributed by atoms with Gasteiger partial charge in [0.2, 0.25) is 21.8 Å². The average Bonchev–Trinajstić information content (AvgIpc) is 4.04. The first-order valence-corrected chi connectivity index (χ1v) is 21.7. The zero-order chi connectivity index (χ0) is 42.0. The molecule has 2 aliphatic carbocycles. The van der Waals surface area contributed by atoms with Crippen molar-refractivity contribution in [1.82, 2.24) is 25.2 Å². The molecule has 2 aromatic rings. The van der Waals surface area contributed by atoms with E-state index in [1.54, 1.807) is 25.1 Å². The number of alkyl halides is 3. The second kappa shape index (κ2) is 15.0. The van der Waals surface area contributed by atoms with Crippen molar-refractivity contribution < 1.29 is 50.2 Å². The summed E-state index contributed by atoms with van der Waals surface area (Å²) >= 11 is 0. The normalized spacial score (nSPS) is 29.5. The average molecular weight is 832 g/mol. The number of hydrogen-bond acceptors (Lipinski definition) is 9. The fourth-order valence-corrected chi connectivity index (χ4v) is 9.63. The van der Waals surface area contributed by atoms with Crippen LogP contribution in [-0.2, 0) is 41.7 Å². The number of fused-ring (bicyclic) bond motifs is 5. The fraction of sp³-hybridized carbons (Fsp3) is 0.634. The van der Waals surface area contributed by atoms with Crippen LogP contribution >= 0.6 is 0 Å². The van der Waals surface area contributed by atoms with Gasteiger partial charge in [0.25, 0.3) is 5.91 Å². The Hall–Kier alpha value is -4.41. The molecule has 6 atom stereocenters. The predicted octanol–water partition coefficient (Wildman–Crippen LogP) is 5.76. The minimum atomic E-state index is -4.90. The number of ether oxygens (including phenoxy) is 2. The number of carbonyl (C=O) groups is 4. The molecular formula is C41H52F3N5O8S. The molecule has 4 amide bonds. The topological polar surface area (TPSA) is 173 Å². The van der Waals surface area contributed by atoms with E-state index in [9.17, 15) is 40.8 Å². The van der Waals surface area contributed by atoms with Gasteiger partial charge >= 0.3 is 12.3 Å². The zero-order valence-electron chi connectivity index (χ0n) is 33.5. The van der Waals surface area contributed by atoms with E-state index >= 15 is 0 Å². The maximum absolute atomic E-state index is 14.7. The molecule has 0 unspecified atom stereocenters. The summed E-state index contributed by atoms with van der Waals surface area (Å²) in [4.78, 5) is 61.7. The second-order valence-electron chi connectivity index (χ2n) is 17.5. The lowest BCUT2D eigenvalue weighted by molar-refractivity contribution is -0.144. The third-order valence-corrected chi connectivity index (χ3v) is 14.9. The van der Waals surface area contributed by atoms with E-state index in [4.69, 9.17) is 9.47 Å². The van der Waals surface area contributed by atoms with Gasteiger partial charge in [0.1, 0.15) is 29.3 Å². The van der Waals surface area contributed by atoms with Crippen molar-refractivity contribution in [3.05, 3.63) is 47.2 Å². The van der Waals surface area contributed by atoms with E-state index in [1.165, 1.54) is 17.9 Å². The molecule has 17 heteroatoms. The van der Waals surface area contributed by atoms with Crippen LogP contribution in [0.5, 0.6) is 5.75 Å². The molecule has 0 bridgehead atoms. The zero-order valence-corrected chi connectivity index (χ0v) is 34.3. The fourth-order valence-electron chi connectivity index (χ4n) is 8.32. The monoisotopic (exact) mass is 831 g/mol. The van der Waals surface area contributed by atoms with Crippen molar-refractivity contribution in [1.29, 1.82) is 0 Å². The molecule has 1 aromatic heterocycles. The molecule has 13 nitrogen and oxygen atoms in total. The van der Waals surface area contributed by atoms with Crippen molar-refractivity contribution in [2.24, 2.45) is 11.8 Å². The number of benzene rings is 1. The molecule has 3 N–H and O–H groups in total. The number of alkyl carbamates (subject to hydrolysis) is 1. The first kappa shape index (κ1) is 41.7. The van der Waals surface area contributed by atoms with Crippen LogP contribution in [0.25, 0.3) is 10.9 Å². The van der Waals surface area contributed by atoms with Crippen LogP contribution in [0.15, 0.2) is 30.4 Å². The van der Waals surface area contributed by atoms with Crippen molar-refractivity contribution in [2.45, 2.75) is 145 Å². The van der Waals surface area contributed by atoms with Gasteiger partial charge in [0.15, 0.2) is 11.4 Å². The van der Waals surface area contributed by atoms with Crippen molar-refractivity contribution >= 4 is 44.7 Å². The third-order valence-electron chi connectivity index (χ3n) is 12.8. The number of aryl methyl sites for hydroxylation is 2. The number of sulfonamides is 1. The quantitative estimate of drug-likeness (QED) is 0.306. The van der Waals surface area contributed by atoms with Crippen LogP contribution in [0.2, 0.25) is 0 Å². The maximum atomic E-state index is 14.7. The van der Waals surface area contributed by atoms with Gasteiger partial charge in [-0.1, -0.05) is 50.5 Å². The van der Waals surface area contributed by atoms with Crippen molar-refractivity contribution in [3.8, 4) is 5.75 Å². The number of aromatic nitrogens is 1. The number of hydrogen-bond donors (Lipinski definition) is 3. The summed E-state index contributed by atoms with van der Waals surface area (Å²) in [5.41, 5.74) is -3.07. The van der Waals surface area contributed by atoms with Gasteiger partial charge in [-0.05, 0) is 90.2 Å². The summed E-state index contributed by atoms with van der Waals surface area (Å²) in [7, 11) is -4.08. The Morgan fingerprint density at radius 1 is 1.09 bits per heavy atom. The second-order valence-corrected chi connectivity index (χ2v) is 19.7. The smallest absolute Gasteiger partial charge is 0.437 e. The minimum Gasteiger partial charge on any atom is -0.483 e. The Kier molecular flexibility index (Phi) is 10.8. The molecule has 1 aromatic carbocycles. The molecule has 58 heavy (non-hydrogen) atoms. The summed E-state index contributed by atoms with van der Waals surface area (Å²) in [6.45, 7) is 8.52. The van der Waals surface area contributed by atoms with Gasteiger partial charge in [-0.2, -0.15) is 13.2 Å². The van der Waals surface area contributed by atoms with E-state index in [1.807, 2.05) is 26.8 Å². The lowest BCUT2D eigenvalue weighted by Gasteiger charge is -2.37. The molecule has 3 fully saturated rings. The van der Waals surface area contributed by atoms with E-state index in [2.05, 4.69) is 20.3 Å².